The van der Waals surface area contributed by atoms with Gasteiger partial charge < -0.3 is 15.2 Å². The molecule has 0 spiro atoms. The average Bonchev–Trinajstić information content (AvgIpc) is 2.64. The first kappa shape index (κ1) is 19.8. The summed E-state index contributed by atoms with van der Waals surface area (Å²) in [5, 5.41) is 12.3. The number of amides is 1. The number of ether oxygens (including phenoxy) is 1. The van der Waals surface area contributed by atoms with E-state index in [2.05, 4.69) is 5.32 Å². The third kappa shape index (κ3) is 4.76. The lowest BCUT2D eigenvalue weighted by molar-refractivity contribution is -0.264. The van der Waals surface area contributed by atoms with Gasteiger partial charge >= 0.3 is 6.18 Å². The van der Waals surface area contributed by atoms with Gasteiger partial charge in [-0.15, -0.1) is 0 Å². The fraction of sp³-hybridized carbons (Fsp3) is 0.316. The van der Waals surface area contributed by atoms with Crippen LogP contribution in [-0.2, 0) is 16.8 Å². The second-order valence-corrected chi connectivity index (χ2v) is 5.85. The van der Waals surface area contributed by atoms with Crippen molar-refractivity contribution in [2.24, 2.45) is 0 Å². The summed E-state index contributed by atoms with van der Waals surface area (Å²) in [6.07, 6.45) is -4.54. The summed E-state index contributed by atoms with van der Waals surface area (Å²) in [6, 6.07) is 13.7. The van der Waals surface area contributed by atoms with Gasteiger partial charge in [-0.2, -0.15) is 13.2 Å². The highest BCUT2D eigenvalue weighted by molar-refractivity contribution is 5.76. The van der Waals surface area contributed by atoms with Gasteiger partial charge in [0.25, 0.3) is 0 Å². The Hall–Kier alpha value is -2.54. The predicted molar refractivity (Wildman–Crippen MR) is 90.7 cm³/mol. The Labute approximate surface area is 149 Å². The number of rotatable bonds is 7. The van der Waals surface area contributed by atoms with Crippen molar-refractivity contribution in [1.82, 2.24) is 5.32 Å². The highest BCUT2D eigenvalue weighted by Gasteiger charge is 2.55. The van der Waals surface area contributed by atoms with Crippen LogP contribution in [0.25, 0.3) is 0 Å². The van der Waals surface area contributed by atoms with Crippen LogP contribution >= 0.6 is 0 Å². The molecule has 0 radical (unpaired) electrons. The molecule has 2 rings (SSSR count). The maximum Gasteiger partial charge on any atom is 0.423 e. The standard InChI is InChI=1S/C19H20F3NO3/c1-26-16-10-7-14(8-11-16)9-12-17(24)23-13-18(25,19(20,21)22)15-5-3-2-4-6-15/h2-8,10-11,25H,9,12-13H2,1H3,(H,23,24). The number of aliphatic hydroxyl groups is 1. The van der Waals surface area contributed by atoms with E-state index in [0.717, 1.165) is 5.56 Å². The number of hydrogen-bond acceptors (Lipinski definition) is 3. The van der Waals surface area contributed by atoms with Crippen molar-refractivity contribution in [3.05, 3.63) is 65.7 Å². The minimum absolute atomic E-state index is 0.00898. The fourth-order valence-corrected chi connectivity index (χ4v) is 2.44. The minimum Gasteiger partial charge on any atom is -0.497 e. The third-order valence-electron chi connectivity index (χ3n) is 4.06. The fourth-order valence-electron chi connectivity index (χ4n) is 2.44. The molecule has 140 valence electrons. The van der Waals surface area contributed by atoms with Crippen molar-refractivity contribution < 1.29 is 27.8 Å². The Morgan fingerprint density at radius 1 is 1.08 bits per heavy atom. The number of aryl methyl sites for hydroxylation is 1. The summed E-state index contributed by atoms with van der Waals surface area (Å²) in [5.41, 5.74) is -2.60. The van der Waals surface area contributed by atoms with E-state index in [-0.39, 0.29) is 12.0 Å². The lowest BCUT2D eigenvalue weighted by Crippen LogP contribution is -2.51. The molecule has 1 atom stereocenters. The van der Waals surface area contributed by atoms with Crippen LogP contribution in [0.1, 0.15) is 17.5 Å². The first-order chi connectivity index (χ1) is 12.3. The van der Waals surface area contributed by atoms with Crippen LogP contribution < -0.4 is 10.1 Å². The van der Waals surface area contributed by atoms with E-state index in [9.17, 15) is 23.1 Å². The van der Waals surface area contributed by atoms with Crippen molar-refractivity contribution in [1.29, 1.82) is 0 Å². The van der Waals surface area contributed by atoms with Gasteiger partial charge in [0.1, 0.15) is 5.75 Å². The van der Waals surface area contributed by atoms with Gasteiger partial charge in [-0.3, -0.25) is 4.79 Å². The Bertz CT molecular complexity index is 717. The van der Waals surface area contributed by atoms with E-state index < -0.39 is 24.2 Å². The Morgan fingerprint density at radius 3 is 2.23 bits per heavy atom. The monoisotopic (exact) mass is 367 g/mol. The molecule has 0 aliphatic carbocycles. The molecule has 0 fully saturated rings. The van der Waals surface area contributed by atoms with Crippen LogP contribution in [0, 0.1) is 0 Å². The van der Waals surface area contributed by atoms with Gasteiger partial charge in [0.15, 0.2) is 0 Å². The van der Waals surface area contributed by atoms with Gasteiger partial charge in [0, 0.05) is 6.42 Å². The maximum atomic E-state index is 13.3. The molecule has 0 saturated heterocycles. The first-order valence-corrected chi connectivity index (χ1v) is 8.00. The number of carbonyl (C=O) groups is 1. The molecule has 0 aliphatic heterocycles. The van der Waals surface area contributed by atoms with E-state index in [1.807, 2.05) is 0 Å². The second kappa shape index (κ2) is 8.23. The molecule has 2 aromatic rings. The molecule has 26 heavy (non-hydrogen) atoms. The summed E-state index contributed by atoms with van der Waals surface area (Å²) in [6.45, 7) is -0.943. The van der Waals surface area contributed by atoms with Crippen molar-refractivity contribution in [3.8, 4) is 5.75 Å². The number of halogens is 3. The number of nitrogens with one attached hydrogen (secondary N) is 1. The van der Waals surface area contributed by atoms with Crippen molar-refractivity contribution in [2.75, 3.05) is 13.7 Å². The van der Waals surface area contributed by atoms with E-state index in [4.69, 9.17) is 4.74 Å². The van der Waals surface area contributed by atoms with Crippen LogP contribution in [-0.4, -0.2) is 30.8 Å². The largest absolute Gasteiger partial charge is 0.497 e. The highest BCUT2D eigenvalue weighted by Crippen LogP contribution is 2.38. The summed E-state index contributed by atoms with van der Waals surface area (Å²) >= 11 is 0. The van der Waals surface area contributed by atoms with Gasteiger partial charge in [-0.1, -0.05) is 42.5 Å². The lowest BCUT2D eigenvalue weighted by Gasteiger charge is -2.31. The third-order valence-corrected chi connectivity index (χ3v) is 4.06. The Morgan fingerprint density at radius 2 is 1.69 bits per heavy atom. The van der Waals surface area contributed by atoms with E-state index in [1.54, 1.807) is 30.3 Å². The SMILES string of the molecule is COc1ccc(CCC(=O)NCC(O)(c2ccccc2)C(F)(F)F)cc1. The van der Waals surface area contributed by atoms with Crippen LogP contribution in [0.3, 0.4) is 0 Å². The number of carbonyl (C=O) groups excluding carboxylic acids is 1. The Balaban J connectivity index is 1.96. The normalized spacial score (nSPS) is 13.7. The lowest BCUT2D eigenvalue weighted by atomic mass is 9.93. The van der Waals surface area contributed by atoms with Crippen molar-refractivity contribution >= 4 is 5.91 Å². The van der Waals surface area contributed by atoms with Crippen molar-refractivity contribution in [2.45, 2.75) is 24.6 Å². The number of methoxy groups -OCH3 is 1. The summed E-state index contributed by atoms with van der Waals surface area (Å²) in [5.74, 6) is 0.107. The average molecular weight is 367 g/mol. The Kier molecular flexibility index (Phi) is 6.26. The van der Waals surface area contributed by atoms with Gasteiger partial charge in [-0.25, -0.2) is 0 Å². The molecule has 1 unspecified atom stereocenters. The summed E-state index contributed by atoms with van der Waals surface area (Å²) in [4.78, 5) is 11.9. The van der Waals surface area contributed by atoms with E-state index in [0.29, 0.717) is 12.2 Å². The quantitative estimate of drug-likeness (QED) is 0.790. The topological polar surface area (TPSA) is 58.6 Å². The molecule has 1 amide bonds. The van der Waals surface area contributed by atoms with Crippen LogP contribution in [0.15, 0.2) is 54.6 Å². The number of alkyl halides is 3. The second-order valence-electron chi connectivity index (χ2n) is 5.85. The van der Waals surface area contributed by atoms with E-state index in [1.165, 1.54) is 31.4 Å². The predicted octanol–water partition coefficient (Wildman–Crippen LogP) is 3.19. The van der Waals surface area contributed by atoms with E-state index >= 15 is 0 Å². The molecule has 7 heteroatoms. The molecule has 0 saturated carbocycles. The van der Waals surface area contributed by atoms with Crippen LogP contribution in [0.2, 0.25) is 0 Å². The molecule has 0 aliphatic rings. The van der Waals surface area contributed by atoms with Gasteiger partial charge in [0.2, 0.25) is 11.5 Å². The van der Waals surface area contributed by atoms with Crippen LogP contribution in [0.4, 0.5) is 13.2 Å². The molecule has 0 heterocycles. The first-order valence-electron chi connectivity index (χ1n) is 8.00. The molecular weight excluding hydrogens is 347 g/mol. The smallest absolute Gasteiger partial charge is 0.423 e. The highest BCUT2D eigenvalue weighted by atomic mass is 19.4. The zero-order valence-electron chi connectivity index (χ0n) is 14.2. The van der Waals surface area contributed by atoms with Crippen molar-refractivity contribution in [3.63, 3.8) is 0 Å². The number of benzene rings is 2. The van der Waals surface area contributed by atoms with Crippen LogP contribution in [0.5, 0.6) is 5.75 Å². The molecule has 0 bridgehead atoms. The molecule has 0 aromatic heterocycles. The molecular formula is C19H20F3NO3. The zero-order chi connectivity index (χ0) is 19.2. The summed E-state index contributed by atoms with van der Waals surface area (Å²) < 4.78 is 45.1. The zero-order valence-corrected chi connectivity index (χ0v) is 14.2. The summed E-state index contributed by atoms with van der Waals surface area (Å²) in [7, 11) is 1.54. The maximum absolute atomic E-state index is 13.3. The molecule has 2 N–H and O–H groups in total. The van der Waals surface area contributed by atoms with Gasteiger partial charge in [-0.05, 0) is 29.7 Å². The minimum atomic E-state index is -4.92. The number of hydrogen-bond donors (Lipinski definition) is 2. The molecule has 4 nitrogen and oxygen atoms in total. The van der Waals surface area contributed by atoms with Gasteiger partial charge in [0.05, 0.1) is 13.7 Å². The molecule has 2 aromatic carbocycles.